The summed E-state index contributed by atoms with van der Waals surface area (Å²) in [5, 5.41) is 0. The molecule has 0 saturated heterocycles. The van der Waals surface area contributed by atoms with Crippen molar-refractivity contribution in [2.45, 2.75) is 26.4 Å². The quantitative estimate of drug-likeness (QED) is 0.680. The van der Waals surface area contributed by atoms with Crippen LogP contribution in [0.3, 0.4) is 0 Å². The molecule has 14 heavy (non-hydrogen) atoms. The van der Waals surface area contributed by atoms with Crippen LogP contribution in [0.1, 0.15) is 30.6 Å². The Morgan fingerprint density at radius 2 is 2.07 bits per heavy atom. The highest BCUT2D eigenvalue weighted by Crippen LogP contribution is 2.31. The van der Waals surface area contributed by atoms with Crippen LogP contribution < -0.4 is 4.74 Å². The Balaban J connectivity index is 2.43. The Labute approximate surface area is 83.9 Å². The van der Waals surface area contributed by atoms with Crippen molar-refractivity contribution in [1.82, 2.24) is 0 Å². The van der Waals surface area contributed by atoms with Gasteiger partial charge in [-0.25, -0.2) is 0 Å². The van der Waals surface area contributed by atoms with Crippen molar-refractivity contribution in [2.24, 2.45) is 5.92 Å². The molecule has 2 nitrogen and oxygen atoms in total. The Morgan fingerprint density at radius 3 is 2.79 bits per heavy atom. The van der Waals surface area contributed by atoms with Gasteiger partial charge in [-0.05, 0) is 25.5 Å². The number of para-hydroxylation sites is 1. The third-order valence-electron chi connectivity index (χ3n) is 2.81. The molecule has 0 amide bonds. The highest BCUT2D eigenvalue weighted by atomic mass is 16.5. The topological polar surface area (TPSA) is 26.3 Å². The van der Waals surface area contributed by atoms with E-state index in [0.717, 1.165) is 17.7 Å². The lowest BCUT2D eigenvalue weighted by Crippen LogP contribution is -2.35. The largest absolute Gasteiger partial charge is 0.489 e. The van der Waals surface area contributed by atoms with E-state index in [4.69, 9.17) is 4.74 Å². The Morgan fingerprint density at radius 1 is 1.36 bits per heavy atom. The fourth-order valence-electron chi connectivity index (χ4n) is 1.99. The monoisotopic (exact) mass is 190 g/mol. The van der Waals surface area contributed by atoms with Crippen molar-refractivity contribution >= 4 is 5.78 Å². The first-order valence-corrected chi connectivity index (χ1v) is 5.04. The highest BCUT2D eigenvalue weighted by Gasteiger charge is 2.32. The number of hydrogen-bond acceptors (Lipinski definition) is 2. The second kappa shape index (κ2) is 3.45. The maximum absolute atomic E-state index is 12.0. The molecule has 0 N–H and O–H groups in total. The smallest absolute Gasteiger partial charge is 0.173 e. The third-order valence-corrected chi connectivity index (χ3v) is 2.81. The lowest BCUT2D eigenvalue weighted by molar-refractivity contribution is 0.0692. The van der Waals surface area contributed by atoms with Gasteiger partial charge in [-0.15, -0.1) is 0 Å². The van der Waals surface area contributed by atoms with E-state index < -0.39 is 0 Å². The molecule has 2 heteroatoms. The molecule has 1 heterocycles. The number of ether oxygens (including phenoxy) is 1. The normalized spacial score (nSPS) is 25.4. The summed E-state index contributed by atoms with van der Waals surface area (Å²) in [5.41, 5.74) is 0.734. The number of hydrogen-bond donors (Lipinski definition) is 0. The van der Waals surface area contributed by atoms with Gasteiger partial charge in [0.2, 0.25) is 0 Å². The molecule has 0 bridgehead atoms. The summed E-state index contributed by atoms with van der Waals surface area (Å²) in [6, 6.07) is 7.47. The van der Waals surface area contributed by atoms with Gasteiger partial charge in [-0.2, -0.15) is 0 Å². The fourth-order valence-corrected chi connectivity index (χ4v) is 1.99. The van der Waals surface area contributed by atoms with Crippen LogP contribution >= 0.6 is 0 Å². The molecule has 2 atom stereocenters. The molecule has 1 aromatic rings. The van der Waals surface area contributed by atoms with Gasteiger partial charge < -0.3 is 4.74 Å². The number of carbonyl (C=O) groups excluding carboxylic acids is 1. The minimum absolute atomic E-state index is 0.00222. The van der Waals surface area contributed by atoms with E-state index in [9.17, 15) is 4.79 Å². The molecule has 0 aromatic heterocycles. The predicted molar refractivity (Wildman–Crippen MR) is 54.6 cm³/mol. The van der Waals surface area contributed by atoms with E-state index in [2.05, 4.69) is 0 Å². The van der Waals surface area contributed by atoms with E-state index >= 15 is 0 Å². The molecule has 1 aromatic carbocycles. The highest BCUT2D eigenvalue weighted by molar-refractivity contribution is 6.01. The summed E-state index contributed by atoms with van der Waals surface area (Å²) < 4.78 is 5.68. The van der Waals surface area contributed by atoms with E-state index in [1.807, 2.05) is 38.1 Å². The molecule has 2 rings (SSSR count). The number of carbonyl (C=O) groups is 1. The summed E-state index contributed by atoms with van der Waals surface area (Å²) in [5.74, 6) is 0.974. The molecule has 0 aliphatic carbocycles. The zero-order valence-electron chi connectivity index (χ0n) is 8.49. The summed E-state index contributed by atoms with van der Waals surface area (Å²) in [6.45, 7) is 3.98. The van der Waals surface area contributed by atoms with Crippen LogP contribution in [-0.4, -0.2) is 11.9 Å². The van der Waals surface area contributed by atoms with E-state index in [0.29, 0.717) is 0 Å². The van der Waals surface area contributed by atoms with Crippen LogP contribution in [0, 0.1) is 5.92 Å². The number of ketones is 1. The van der Waals surface area contributed by atoms with Crippen LogP contribution in [0.4, 0.5) is 0 Å². The summed E-state index contributed by atoms with van der Waals surface area (Å²) in [7, 11) is 0. The molecule has 0 saturated carbocycles. The van der Waals surface area contributed by atoms with Crippen molar-refractivity contribution in [3.8, 4) is 5.75 Å². The van der Waals surface area contributed by atoms with Crippen molar-refractivity contribution in [3.05, 3.63) is 29.8 Å². The maximum atomic E-state index is 12.0. The maximum Gasteiger partial charge on any atom is 0.173 e. The second-order valence-corrected chi connectivity index (χ2v) is 3.70. The lowest BCUT2D eigenvalue weighted by atomic mass is 9.88. The van der Waals surface area contributed by atoms with Crippen molar-refractivity contribution in [2.75, 3.05) is 0 Å². The van der Waals surface area contributed by atoms with Crippen LogP contribution in [0.15, 0.2) is 24.3 Å². The van der Waals surface area contributed by atoms with Crippen molar-refractivity contribution in [3.63, 3.8) is 0 Å². The summed E-state index contributed by atoms with van der Waals surface area (Å²) >= 11 is 0. The molecule has 74 valence electrons. The molecule has 0 spiro atoms. The number of benzene rings is 1. The zero-order valence-corrected chi connectivity index (χ0v) is 8.49. The zero-order chi connectivity index (χ0) is 10.1. The van der Waals surface area contributed by atoms with Gasteiger partial charge in [0, 0.05) is 0 Å². The molecule has 1 aliphatic heterocycles. The van der Waals surface area contributed by atoms with Gasteiger partial charge in [0.1, 0.15) is 11.9 Å². The third kappa shape index (κ3) is 1.31. The summed E-state index contributed by atoms with van der Waals surface area (Å²) in [6.07, 6.45) is 0.844. The molecule has 2 unspecified atom stereocenters. The predicted octanol–water partition coefficient (Wildman–Crippen LogP) is 2.68. The van der Waals surface area contributed by atoms with Gasteiger partial charge in [-0.3, -0.25) is 4.79 Å². The van der Waals surface area contributed by atoms with Crippen LogP contribution in [-0.2, 0) is 0 Å². The van der Waals surface area contributed by atoms with Gasteiger partial charge in [0.15, 0.2) is 5.78 Å². The lowest BCUT2D eigenvalue weighted by Gasteiger charge is -2.29. The van der Waals surface area contributed by atoms with Crippen molar-refractivity contribution in [1.29, 1.82) is 0 Å². The number of rotatable bonds is 1. The van der Waals surface area contributed by atoms with E-state index in [1.54, 1.807) is 0 Å². The Bertz CT molecular complexity index is 357. The molecular weight excluding hydrogens is 176 g/mol. The van der Waals surface area contributed by atoms with Crippen molar-refractivity contribution < 1.29 is 9.53 Å². The van der Waals surface area contributed by atoms with Gasteiger partial charge in [0.25, 0.3) is 0 Å². The summed E-state index contributed by atoms with van der Waals surface area (Å²) in [4.78, 5) is 12.0. The number of fused-ring (bicyclic) bond motifs is 1. The minimum Gasteiger partial charge on any atom is -0.489 e. The van der Waals surface area contributed by atoms with Gasteiger partial charge in [0.05, 0.1) is 11.5 Å². The SMILES string of the molecule is CCC1C(=O)c2ccccc2OC1C. The van der Waals surface area contributed by atoms with Gasteiger partial charge >= 0.3 is 0 Å². The minimum atomic E-state index is 0.00222. The van der Waals surface area contributed by atoms with Crippen LogP contribution in [0.2, 0.25) is 0 Å². The molecule has 0 radical (unpaired) electrons. The Kier molecular flexibility index (Phi) is 2.28. The van der Waals surface area contributed by atoms with E-state index in [1.165, 1.54) is 0 Å². The first-order chi connectivity index (χ1) is 6.74. The Hall–Kier alpha value is -1.31. The fraction of sp³-hybridized carbons (Fsp3) is 0.417. The van der Waals surface area contributed by atoms with E-state index in [-0.39, 0.29) is 17.8 Å². The number of Topliss-reactive ketones (excluding diaryl/α,β-unsaturated/α-hetero) is 1. The average molecular weight is 190 g/mol. The first kappa shape index (κ1) is 9.25. The molecule has 1 aliphatic rings. The standard InChI is InChI=1S/C12H14O2/c1-3-9-8(2)14-11-7-5-4-6-10(11)12(9)13/h4-9H,3H2,1-2H3. The molecular formula is C12H14O2. The average Bonchev–Trinajstić information content (AvgIpc) is 2.18. The second-order valence-electron chi connectivity index (χ2n) is 3.70. The first-order valence-electron chi connectivity index (χ1n) is 5.04. The van der Waals surface area contributed by atoms with Crippen LogP contribution in [0.25, 0.3) is 0 Å². The van der Waals surface area contributed by atoms with Gasteiger partial charge in [-0.1, -0.05) is 19.1 Å². The molecule has 0 fully saturated rings. The van der Waals surface area contributed by atoms with Crippen LogP contribution in [0.5, 0.6) is 5.75 Å².